The molecule has 1 fully saturated rings. The molecule has 2 aliphatic rings. The van der Waals surface area contributed by atoms with E-state index in [4.69, 9.17) is 5.73 Å². The van der Waals surface area contributed by atoms with E-state index in [0.717, 1.165) is 42.5 Å². The molecular weight excluding hydrogens is 508 g/mol. The van der Waals surface area contributed by atoms with Crippen LogP contribution in [0.1, 0.15) is 78.4 Å². The van der Waals surface area contributed by atoms with Crippen molar-refractivity contribution < 1.29 is 14.7 Å². The Morgan fingerprint density at radius 3 is 2.52 bits per heavy atom. The molecule has 0 radical (unpaired) electrons. The van der Waals surface area contributed by atoms with Gasteiger partial charge in [0.15, 0.2) is 5.78 Å². The van der Waals surface area contributed by atoms with Gasteiger partial charge in [0.25, 0.3) is 11.5 Å². The molecule has 0 bridgehead atoms. The maximum absolute atomic E-state index is 13.5. The van der Waals surface area contributed by atoms with E-state index in [9.17, 15) is 19.5 Å². The van der Waals surface area contributed by atoms with Crippen molar-refractivity contribution in [2.75, 3.05) is 11.1 Å². The van der Waals surface area contributed by atoms with Crippen molar-refractivity contribution in [3.8, 4) is 11.1 Å². The summed E-state index contributed by atoms with van der Waals surface area (Å²) in [6.45, 7) is 3.76. The van der Waals surface area contributed by atoms with E-state index in [-0.39, 0.29) is 22.9 Å². The summed E-state index contributed by atoms with van der Waals surface area (Å²) >= 11 is 0. The number of anilines is 2. The number of aliphatic hydroxyl groups is 1. The quantitative estimate of drug-likeness (QED) is 0.334. The van der Waals surface area contributed by atoms with Crippen molar-refractivity contribution in [2.24, 2.45) is 0 Å². The Morgan fingerprint density at radius 1 is 1.10 bits per heavy atom. The molecule has 1 saturated carbocycles. The molecule has 1 aromatic carbocycles. The Balaban J connectivity index is 1.31. The number of Topliss-reactive ketones (excluding diaryl/α,β-unsaturated/α-hetero) is 1. The van der Waals surface area contributed by atoms with Gasteiger partial charge in [0, 0.05) is 41.2 Å². The average molecular weight is 541 g/mol. The van der Waals surface area contributed by atoms with Crippen LogP contribution in [-0.2, 0) is 13.0 Å². The molecule has 6 rings (SSSR count). The van der Waals surface area contributed by atoms with Crippen molar-refractivity contribution in [2.45, 2.75) is 70.6 Å². The van der Waals surface area contributed by atoms with Crippen LogP contribution in [0.5, 0.6) is 0 Å². The number of ketones is 1. The fourth-order valence-electron chi connectivity index (χ4n) is 5.75. The van der Waals surface area contributed by atoms with Gasteiger partial charge >= 0.3 is 0 Å². The van der Waals surface area contributed by atoms with Crippen LogP contribution in [0.2, 0.25) is 0 Å². The standard InChI is InChI=1S/C30H32N6O4/c1-30(2,40)15-35-14-22(25-26(31)32-16-33-27(25)35)17-9-11-18(12-10-17)34-28(38)21-13-20-23(7-4-8-24(20)37)36(29(21)39)19-5-3-6-19/h9-14,16,19,40H,3-8,15H2,1-2H3,(H,34,38)(H2,31,32,33). The second-order valence-electron chi connectivity index (χ2n) is 11.4. The third-order valence-electron chi connectivity index (χ3n) is 7.84. The summed E-state index contributed by atoms with van der Waals surface area (Å²) in [5, 5.41) is 13.9. The highest BCUT2D eigenvalue weighted by Crippen LogP contribution is 2.35. The summed E-state index contributed by atoms with van der Waals surface area (Å²) in [6.07, 6.45) is 7.92. The first kappa shape index (κ1) is 25.9. The fraction of sp³-hybridized carbons (Fsp3) is 0.367. The lowest BCUT2D eigenvalue weighted by atomic mass is 9.88. The zero-order chi connectivity index (χ0) is 28.2. The van der Waals surface area contributed by atoms with E-state index < -0.39 is 11.5 Å². The molecule has 3 aromatic heterocycles. The minimum Gasteiger partial charge on any atom is -0.389 e. The average Bonchev–Trinajstić information content (AvgIpc) is 3.23. The number of nitrogen functional groups attached to an aromatic ring is 1. The molecule has 206 valence electrons. The lowest BCUT2D eigenvalue weighted by Gasteiger charge is -2.32. The number of aromatic nitrogens is 4. The van der Waals surface area contributed by atoms with Crippen molar-refractivity contribution in [1.82, 2.24) is 19.1 Å². The molecule has 1 amide bonds. The Hall–Kier alpha value is -4.31. The van der Waals surface area contributed by atoms with Gasteiger partial charge in [-0.3, -0.25) is 14.4 Å². The van der Waals surface area contributed by atoms with Gasteiger partial charge < -0.3 is 25.3 Å². The fourth-order valence-corrected chi connectivity index (χ4v) is 5.75. The van der Waals surface area contributed by atoms with Gasteiger partial charge in [0.2, 0.25) is 0 Å². The van der Waals surface area contributed by atoms with Gasteiger partial charge in [-0.25, -0.2) is 9.97 Å². The van der Waals surface area contributed by atoms with E-state index in [0.29, 0.717) is 47.5 Å². The Bertz CT molecular complexity index is 1710. The number of hydrogen-bond donors (Lipinski definition) is 3. The van der Waals surface area contributed by atoms with Crippen LogP contribution in [0.3, 0.4) is 0 Å². The van der Waals surface area contributed by atoms with Gasteiger partial charge in [0.1, 0.15) is 23.4 Å². The third-order valence-corrected chi connectivity index (χ3v) is 7.84. The topological polar surface area (TPSA) is 145 Å². The molecule has 2 aliphatic carbocycles. The maximum atomic E-state index is 13.5. The highest BCUT2D eigenvalue weighted by atomic mass is 16.3. The molecule has 0 spiro atoms. The van der Waals surface area contributed by atoms with Crippen molar-refractivity contribution in [3.05, 3.63) is 70.0 Å². The van der Waals surface area contributed by atoms with Crippen molar-refractivity contribution >= 4 is 34.2 Å². The summed E-state index contributed by atoms with van der Waals surface area (Å²) < 4.78 is 3.56. The van der Waals surface area contributed by atoms with Crippen LogP contribution in [0.25, 0.3) is 22.2 Å². The van der Waals surface area contributed by atoms with Gasteiger partial charge in [-0.1, -0.05) is 12.1 Å². The Morgan fingerprint density at radius 2 is 1.85 bits per heavy atom. The zero-order valence-electron chi connectivity index (χ0n) is 22.6. The molecule has 10 nitrogen and oxygen atoms in total. The van der Waals surface area contributed by atoms with Gasteiger partial charge in [-0.2, -0.15) is 0 Å². The van der Waals surface area contributed by atoms with Crippen LogP contribution < -0.4 is 16.6 Å². The van der Waals surface area contributed by atoms with E-state index in [1.54, 1.807) is 30.5 Å². The van der Waals surface area contributed by atoms with E-state index in [2.05, 4.69) is 15.3 Å². The largest absolute Gasteiger partial charge is 0.389 e. The number of nitrogens with two attached hydrogens (primary N) is 1. The number of carbonyl (C=O) groups excluding carboxylic acids is 2. The van der Waals surface area contributed by atoms with Crippen LogP contribution in [0.4, 0.5) is 11.5 Å². The first-order valence-corrected chi connectivity index (χ1v) is 13.7. The van der Waals surface area contributed by atoms with Crippen LogP contribution in [0.15, 0.2) is 47.7 Å². The molecule has 40 heavy (non-hydrogen) atoms. The third kappa shape index (κ3) is 4.58. The molecule has 10 heteroatoms. The second kappa shape index (κ2) is 9.71. The number of pyridine rings is 1. The number of carbonyl (C=O) groups is 2. The van der Waals surface area contributed by atoms with Gasteiger partial charge in [-0.05, 0) is 69.7 Å². The normalized spacial score (nSPS) is 15.6. The highest BCUT2D eigenvalue weighted by molar-refractivity contribution is 6.07. The van der Waals surface area contributed by atoms with E-state index in [1.807, 2.05) is 22.9 Å². The van der Waals surface area contributed by atoms with Gasteiger partial charge in [-0.15, -0.1) is 0 Å². The molecule has 3 heterocycles. The predicted molar refractivity (Wildman–Crippen MR) is 152 cm³/mol. The first-order chi connectivity index (χ1) is 19.1. The molecular formula is C30H32N6O4. The zero-order valence-corrected chi connectivity index (χ0v) is 22.6. The number of nitrogens with one attached hydrogen (secondary N) is 1. The van der Waals surface area contributed by atoms with E-state index in [1.165, 1.54) is 12.4 Å². The second-order valence-corrected chi connectivity index (χ2v) is 11.4. The monoisotopic (exact) mass is 540 g/mol. The minimum absolute atomic E-state index is 0.00964. The van der Waals surface area contributed by atoms with Gasteiger partial charge in [0.05, 0.1) is 17.5 Å². The molecule has 0 atom stereocenters. The van der Waals surface area contributed by atoms with Crippen LogP contribution in [0, 0.1) is 0 Å². The molecule has 4 N–H and O–H groups in total. The lowest BCUT2D eigenvalue weighted by molar-refractivity contribution is 0.0627. The van der Waals surface area contributed by atoms with Crippen LogP contribution in [-0.4, -0.2) is 41.5 Å². The molecule has 4 aromatic rings. The van der Waals surface area contributed by atoms with Crippen molar-refractivity contribution in [1.29, 1.82) is 0 Å². The number of nitrogens with zero attached hydrogens (tertiary/aromatic N) is 4. The number of fused-ring (bicyclic) bond motifs is 2. The van der Waals surface area contributed by atoms with E-state index >= 15 is 0 Å². The minimum atomic E-state index is -0.963. The summed E-state index contributed by atoms with van der Waals surface area (Å²) in [4.78, 5) is 48.0. The smallest absolute Gasteiger partial charge is 0.263 e. The summed E-state index contributed by atoms with van der Waals surface area (Å²) in [5.74, 6) is -0.220. The first-order valence-electron chi connectivity index (χ1n) is 13.7. The number of rotatable bonds is 6. The maximum Gasteiger partial charge on any atom is 0.263 e. The lowest BCUT2D eigenvalue weighted by Crippen LogP contribution is -2.38. The Kier molecular flexibility index (Phi) is 6.29. The summed E-state index contributed by atoms with van der Waals surface area (Å²) in [7, 11) is 0. The number of hydrogen-bond acceptors (Lipinski definition) is 7. The predicted octanol–water partition coefficient (Wildman–Crippen LogP) is 4.11. The highest BCUT2D eigenvalue weighted by Gasteiger charge is 2.31. The summed E-state index contributed by atoms with van der Waals surface area (Å²) in [6, 6.07) is 8.72. The SMILES string of the molecule is CC(C)(O)Cn1cc(-c2ccc(NC(=O)c3cc4c(n(C5CCC5)c3=O)CCCC4=O)cc2)c2c(N)ncnc21. The molecule has 0 aliphatic heterocycles. The number of amides is 1. The number of benzene rings is 1. The van der Waals surface area contributed by atoms with Crippen molar-refractivity contribution in [3.63, 3.8) is 0 Å². The molecule has 0 unspecified atom stereocenters. The Labute approximate surface area is 230 Å². The van der Waals surface area contributed by atoms with Crippen LogP contribution >= 0.6 is 0 Å². The summed E-state index contributed by atoms with van der Waals surface area (Å²) in [5.41, 5.74) is 8.94. The molecule has 0 saturated heterocycles.